The van der Waals surface area contributed by atoms with Crippen LogP contribution < -0.4 is 0 Å². The fourth-order valence-electron chi connectivity index (χ4n) is 1.71. The number of hydrogen-bond donors (Lipinski definition) is 1. The Hall–Kier alpha value is -1.05. The van der Waals surface area contributed by atoms with Crippen LogP contribution in [0.5, 0.6) is 0 Å². The van der Waals surface area contributed by atoms with Crippen LogP contribution in [0.4, 0.5) is 0 Å². The largest absolute Gasteiger partial charge is 0.496 e. The summed E-state index contributed by atoms with van der Waals surface area (Å²) in [5, 5.41) is 8.97. The number of hydrogen-bond acceptors (Lipinski definition) is 5. The van der Waals surface area contributed by atoms with Crippen molar-refractivity contribution < 1.29 is 28.7 Å². The van der Waals surface area contributed by atoms with E-state index in [4.69, 9.17) is 23.9 Å². The van der Waals surface area contributed by atoms with E-state index < -0.39 is 30.1 Å². The van der Waals surface area contributed by atoms with Crippen molar-refractivity contribution in [3.63, 3.8) is 0 Å². The molecule has 0 aromatic carbocycles. The molecule has 0 aromatic heterocycles. The lowest BCUT2D eigenvalue weighted by Gasteiger charge is -2.32. The second-order valence-corrected chi connectivity index (χ2v) is 5.94. The maximum atomic E-state index is 11.0. The summed E-state index contributed by atoms with van der Waals surface area (Å²) in [6.07, 6.45) is 1.36. The number of carboxylic acids is 1. The molecule has 2 aliphatic heterocycles. The summed E-state index contributed by atoms with van der Waals surface area (Å²) in [6.45, 7) is 9.23. The monoisotopic (exact) mass is 270 g/mol. The minimum atomic E-state index is -1.65. The first-order valence-electron chi connectivity index (χ1n) is 6.17. The van der Waals surface area contributed by atoms with E-state index in [1.165, 1.54) is 13.2 Å². The topological polar surface area (TPSA) is 74.2 Å². The van der Waals surface area contributed by atoms with Crippen molar-refractivity contribution in [2.75, 3.05) is 6.61 Å². The lowest BCUT2D eigenvalue weighted by Crippen LogP contribution is -2.44. The molecule has 0 aliphatic carbocycles. The number of ether oxygens (including phenoxy) is 2. The summed E-state index contributed by atoms with van der Waals surface area (Å²) in [6, 6.07) is 0. The summed E-state index contributed by atoms with van der Waals surface area (Å²) < 4.78 is 22.1. The molecule has 1 fully saturated rings. The SMILES string of the molecule is CC1(C(=O)O)OC=C(B2OC(C)(C)C(C)(C)O2)CO1. The van der Waals surface area contributed by atoms with Crippen molar-refractivity contribution in [3.8, 4) is 0 Å². The Bertz CT molecular complexity index is 414. The molecular weight excluding hydrogens is 251 g/mol. The normalized spacial score (nSPS) is 32.7. The minimum Gasteiger partial charge on any atom is -0.476 e. The van der Waals surface area contributed by atoms with Crippen molar-refractivity contribution in [1.82, 2.24) is 0 Å². The van der Waals surface area contributed by atoms with Crippen LogP contribution in [0.2, 0.25) is 0 Å². The zero-order valence-electron chi connectivity index (χ0n) is 11.9. The minimum absolute atomic E-state index is 0.0969. The number of rotatable bonds is 2. The highest BCUT2D eigenvalue weighted by molar-refractivity contribution is 6.54. The van der Waals surface area contributed by atoms with Gasteiger partial charge in [-0.1, -0.05) is 0 Å². The average Bonchev–Trinajstić information content (AvgIpc) is 2.49. The van der Waals surface area contributed by atoms with Crippen molar-refractivity contribution in [2.45, 2.75) is 51.6 Å². The summed E-state index contributed by atoms with van der Waals surface area (Å²) in [4.78, 5) is 11.0. The molecule has 1 N–H and O–H groups in total. The van der Waals surface area contributed by atoms with Crippen LogP contribution in [0, 0.1) is 0 Å². The van der Waals surface area contributed by atoms with Crippen LogP contribution in [0.15, 0.2) is 11.7 Å². The van der Waals surface area contributed by atoms with Crippen molar-refractivity contribution in [2.24, 2.45) is 0 Å². The molecule has 2 heterocycles. The van der Waals surface area contributed by atoms with Gasteiger partial charge in [-0.05, 0) is 27.7 Å². The van der Waals surface area contributed by atoms with Crippen molar-refractivity contribution in [3.05, 3.63) is 11.7 Å². The molecular formula is C12H19BO6. The van der Waals surface area contributed by atoms with Gasteiger partial charge in [0.1, 0.15) is 0 Å². The van der Waals surface area contributed by atoms with E-state index in [9.17, 15) is 4.79 Å². The summed E-state index contributed by atoms with van der Waals surface area (Å²) in [5.41, 5.74) is -0.268. The van der Waals surface area contributed by atoms with E-state index in [0.717, 1.165) is 0 Å². The van der Waals surface area contributed by atoms with Gasteiger partial charge in [0.2, 0.25) is 0 Å². The van der Waals surface area contributed by atoms with Gasteiger partial charge in [0.15, 0.2) is 0 Å². The Morgan fingerprint density at radius 3 is 2.11 bits per heavy atom. The predicted octanol–water partition coefficient (Wildman–Crippen LogP) is 1.35. The molecule has 0 radical (unpaired) electrons. The summed E-state index contributed by atoms with van der Waals surface area (Å²) >= 11 is 0. The first kappa shape index (κ1) is 14.4. The van der Waals surface area contributed by atoms with E-state index in [2.05, 4.69) is 0 Å². The summed E-state index contributed by atoms with van der Waals surface area (Å²) in [5.74, 6) is -2.82. The smallest absolute Gasteiger partial charge is 0.476 e. The van der Waals surface area contributed by atoms with E-state index >= 15 is 0 Å². The highest BCUT2D eigenvalue weighted by Gasteiger charge is 2.53. The van der Waals surface area contributed by atoms with Gasteiger partial charge in [0.25, 0.3) is 0 Å². The first-order chi connectivity index (χ1) is 8.57. The molecule has 1 unspecified atom stereocenters. The highest BCUT2D eigenvalue weighted by atomic mass is 16.7. The molecule has 0 spiro atoms. The van der Waals surface area contributed by atoms with E-state index in [0.29, 0.717) is 5.47 Å². The molecule has 0 saturated carbocycles. The molecule has 7 heteroatoms. The molecule has 6 nitrogen and oxygen atoms in total. The van der Waals surface area contributed by atoms with Crippen LogP contribution in [0.3, 0.4) is 0 Å². The second-order valence-electron chi connectivity index (χ2n) is 5.94. The van der Waals surface area contributed by atoms with Crippen LogP contribution >= 0.6 is 0 Å². The van der Waals surface area contributed by atoms with Gasteiger partial charge in [-0.25, -0.2) is 4.79 Å². The van der Waals surface area contributed by atoms with Crippen LogP contribution in [0.25, 0.3) is 0 Å². The second kappa shape index (κ2) is 4.23. The van der Waals surface area contributed by atoms with Gasteiger partial charge in [0, 0.05) is 12.4 Å². The van der Waals surface area contributed by atoms with Gasteiger partial charge in [0.05, 0.1) is 24.1 Å². The third-order valence-electron chi connectivity index (χ3n) is 3.89. The first-order valence-corrected chi connectivity index (χ1v) is 6.17. The molecule has 1 atom stereocenters. The Balaban J connectivity index is 2.11. The molecule has 0 bridgehead atoms. The predicted molar refractivity (Wildman–Crippen MR) is 67.2 cm³/mol. The molecule has 2 aliphatic rings. The Labute approximate surface area is 112 Å². The summed E-state index contributed by atoms with van der Waals surface area (Å²) in [7, 11) is -0.580. The Kier molecular flexibility index (Phi) is 3.20. The van der Waals surface area contributed by atoms with Crippen molar-refractivity contribution in [1.29, 1.82) is 0 Å². The van der Waals surface area contributed by atoms with E-state index in [1.807, 2.05) is 27.7 Å². The molecule has 0 aromatic rings. The number of aliphatic carboxylic acids is 1. The van der Waals surface area contributed by atoms with Crippen LogP contribution in [0.1, 0.15) is 34.6 Å². The quantitative estimate of drug-likeness (QED) is 0.763. The molecule has 106 valence electrons. The van der Waals surface area contributed by atoms with E-state index in [-0.39, 0.29) is 6.61 Å². The average molecular weight is 270 g/mol. The fraction of sp³-hybridized carbons (Fsp3) is 0.750. The zero-order valence-corrected chi connectivity index (χ0v) is 11.9. The van der Waals surface area contributed by atoms with Crippen LogP contribution in [-0.2, 0) is 23.6 Å². The third-order valence-corrected chi connectivity index (χ3v) is 3.89. The molecule has 19 heavy (non-hydrogen) atoms. The lowest BCUT2D eigenvalue weighted by atomic mass is 9.79. The Morgan fingerprint density at radius 2 is 1.74 bits per heavy atom. The maximum absolute atomic E-state index is 11.0. The Morgan fingerprint density at radius 1 is 1.21 bits per heavy atom. The molecule has 1 saturated heterocycles. The number of carbonyl (C=O) groups is 1. The zero-order chi connectivity index (χ0) is 14.5. The van der Waals surface area contributed by atoms with Gasteiger partial charge in [-0.2, -0.15) is 0 Å². The van der Waals surface area contributed by atoms with Crippen molar-refractivity contribution >= 4 is 13.1 Å². The highest BCUT2D eigenvalue weighted by Crippen LogP contribution is 2.39. The van der Waals surface area contributed by atoms with Gasteiger partial charge < -0.3 is 23.9 Å². The fourth-order valence-corrected chi connectivity index (χ4v) is 1.71. The van der Waals surface area contributed by atoms with Crippen LogP contribution in [-0.4, -0.2) is 41.8 Å². The number of carboxylic acid groups (broad SMARTS) is 1. The van der Waals surface area contributed by atoms with Gasteiger partial charge in [-0.15, -0.1) is 0 Å². The standard InChI is InChI=1S/C12H19BO6/c1-10(2)11(3,4)19-13(18-10)8-6-16-12(5,9(14)15)17-7-8/h6H,7H2,1-5H3,(H,14,15). The maximum Gasteiger partial charge on any atom is 0.496 e. The third kappa shape index (κ3) is 2.38. The van der Waals surface area contributed by atoms with E-state index in [1.54, 1.807) is 0 Å². The lowest BCUT2D eigenvalue weighted by molar-refractivity contribution is -0.221. The molecule has 0 amide bonds. The molecule has 2 rings (SSSR count). The van der Waals surface area contributed by atoms with Gasteiger partial charge in [-0.3, -0.25) is 0 Å². The van der Waals surface area contributed by atoms with Gasteiger partial charge >= 0.3 is 18.9 Å².